The lowest BCUT2D eigenvalue weighted by Crippen LogP contribution is -1.90. The third-order valence-corrected chi connectivity index (χ3v) is 5.18. The zero-order valence-electron chi connectivity index (χ0n) is 9.97. The molecule has 1 unspecified atom stereocenters. The molecule has 2 aromatic rings. The fraction of sp³-hybridized carbons (Fsp3) is 0.0667. The van der Waals surface area contributed by atoms with Crippen LogP contribution in [0.15, 0.2) is 62.4 Å². The van der Waals surface area contributed by atoms with Crippen LogP contribution >= 0.6 is 22.6 Å². The molecule has 0 saturated carbocycles. The molecule has 0 N–H and O–H groups in total. The summed E-state index contributed by atoms with van der Waals surface area (Å²) >= 11 is 2.14. The van der Waals surface area contributed by atoms with Gasteiger partial charge in [0.15, 0.2) is 0 Å². The third kappa shape index (κ3) is 3.53. The van der Waals surface area contributed by atoms with Gasteiger partial charge in [0.2, 0.25) is 0 Å². The van der Waals surface area contributed by atoms with Crippen molar-refractivity contribution < 1.29 is 4.21 Å². The molecule has 0 amide bonds. The van der Waals surface area contributed by atoms with Gasteiger partial charge in [-0.05, 0) is 53.3 Å². The van der Waals surface area contributed by atoms with Crippen molar-refractivity contribution in [1.82, 2.24) is 0 Å². The predicted octanol–water partition coefficient (Wildman–Crippen LogP) is 4.54. The summed E-state index contributed by atoms with van der Waals surface area (Å²) in [6, 6.07) is 17.7. The summed E-state index contributed by atoms with van der Waals surface area (Å²) in [5, 5.41) is 0. The summed E-state index contributed by atoms with van der Waals surface area (Å²) in [7, 11) is -1.09. The lowest BCUT2D eigenvalue weighted by molar-refractivity contribution is 0.688. The van der Waals surface area contributed by atoms with Crippen LogP contribution < -0.4 is 0 Å². The summed E-state index contributed by atoms with van der Waals surface area (Å²) in [5.41, 5.74) is 2.25. The Balaban J connectivity index is 2.24. The molecule has 0 aromatic heterocycles. The van der Waals surface area contributed by atoms with Crippen molar-refractivity contribution in [3.63, 3.8) is 0 Å². The normalized spacial score (nSPS) is 13.3. The number of halogens is 1. The highest BCUT2D eigenvalue weighted by Crippen LogP contribution is 2.22. The van der Waals surface area contributed by atoms with E-state index in [1.807, 2.05) is 67.6 Å². The maximum absolute atomic E-state index is 12.3. The van der Waals surface area contributed by atoms with Crippen molar-refractivity contribution in [2.24, 2.45) is 0 Å². The highest BCUT2D eigenvalue weighted by atomic mass is 127. The van der Waals surface area contributed by atoms with Gasteiger partial charge >= 0.3 is 0 Å². The topological polar surface area (TPSA) is 17.1 Å². The van der Waals surface area contributed by atoms with Crippen LogP contribution in [-0.4, -0.2) is 4.21 Å². The zero-order valence-corrected chi connectivity index (χ0v) is 12.9. The smallest absolute Gasteiger partial charge is 0.0911 e. The number of benzene rings is 2. The largest absolute Gasteiger partial charge is 0.249 e. The van der Waals surface area contributed by atoms with E-state index in [1.165, 1.54) is 5.56 Å². The lowest BCUT2D eigenvalue weighted by Gasteiger charge is -2.02. The molecule has 2 rings (SSSR count). The molecule has 0 bridgehead atoms. The van der Waals surface area contributed by atoms with Gasteiger partial charge in [-0.3, -0.25) is 0 Å². The SMILES string of the molecule is Cc1ccc(S(=O)/C(I)=C\c2ccccc2)cc1. The minimum Gasteiger partial charge on any atom is -0.249 e. The van der Waals surface area contributed by atoms with E-state index in [-0.39, 0.29) is 0 Å². The Morgan fingerprint density at radius 1 is 1.06 bits per heavy atom. The summed E-state index contributed by atoms with van der Waals surface area (Å²) in [6.07, 6.45) is 1.95. The number of hydrogen-bond acceptors (Lipinski definition) is 1. The number of rotatable bonds is 3. The molecule has 0 aliphatic heterocycles. The van der Waals surface area contributed by atoms with Gasteiger partial charge in [0, 0.05) is 4.90 Å². The Hall–Kier alpha value is -0.940. The number of hydrogen-bond donors (Lipinski definition) is 0. The molecule has 0 spiro atoms. The van der Waals surface area contributed by atoms with Crippen LogP contribution in [0.1, 0.15) is 11.1 Å². The molecule has 92 valence electrons. The van der Waals surface area contributed by atoms with Crippen molar-refractivity contribution >= 4 is 39.5 Å². The minimum absolute atomic E-state index is 0.836. The van der Waals surface area contributed by atoms with Gasteiger partial charge < -0.3 is 0 Å². The summed E-state index contributed by atoms with van der Waals surface area (Å²) in [6.45, 7) is 2.03. The lowest BCUT2D eigenvalue weighted by atomic mass is 10.2. The van der Waals surface area contributed by atoms with E-state index in [0.717, 1.165) is 13.4 Å². The van der Waals surface area contributed by atoms with E-state index < -0.39 is 10.8 Å². The van der Waals surface area contributed by atoms with Crippen LogP contribution in [0.4, 0.5) is 0 Å². The van der Waals surface area contributed by atoms with Gasteiger partial charge in [0.05, 0.1) is 13.7 Å². The van der Waals surface area contributed by atoms with Crippen LogP contribution in [0.2, 0.25) is 0 Å². The molecule has 2 aromatic carbocycles. The highest BCUT2D eigenvalue weighted by Gasteiger charge is 2.07. The molecule has 1 nitrogen and oxygen atoms in total. The first kappa shape index (κ1) is 13.5. The van der Waals surface area contributed by atoms with E-state index in [1.54, 1.807) is 0 Å². The standard InChI is InChI=1S/C15H13IOS/c1-12-7-9-14(10-8-12)18(17)15(16)11-13-5-3-2-4-6-13/h2-11H,1H3/b15-11-. The average molecular weight is 368 g/mol. The molecular weight excluding hydrogens is 355 g/mol. The van der Waals surface area contributed by atoms with Crippen molar-refractivity contribution in [1.29, 1.82) is 0 Å². The van der Waals surface area contributed by atoms with Gasteiger partial charge in [0.25, 0.3) is 0 Å². The van der Waals surface area contributed by atoms with E-state index >= 15 is 0 Å². The van der Waals surface area contributed by atoms with Crippen LogP contribution in [0, 0.1) is 6.92 Å². The van der Waals surface area contributed by atoms with E-state index in [0.29, 0.717) is 0 Å². The average Bonchev–Trinajstić information content (AvgIpc) is 2.40. The molecule has 0 radical (unpaired) electrons. The van der Waals surface area contributed by atoms with Crippen molar-refractivity contribution in [3.05, 3.63) is 68.6 Å². The Labute approximate surface area is 124 Å². The third-order valence-electron chi connectivity index (χ3n) is 2.49. The Morgan fingerprint density at radius 2 is 1.67 bits per heavy atom. The van der Waals surface area contributed by atoms with E-state index in [9.17, 15) is 4.21 Å². The first-order valence-corrected chi connectivity index (χ1v) is 7.80. The number of aryl methyl sites for hydroxylation is 1. The van der Waals surface area contributed by atoms with Gasteiger partial charge in [-0.1, -0.05) is 48.0 Å². The second-order valence-electron chi connectivity index (χ2n) is 3.94. The molecule has 0 saturated heterocycles. The first-order valence-electron chi connectivity index (χ1n) is 5.57. The Kier molecular flexibility index (Phi) is 4.72. The molecule has 0 aliphatic carbocycles. The second kappa shape index (κ2) is 6.29. The maximum atomic E-state index is 12.3. The molecule has 18 heavy (non-hydrogen) atoms. The van der Waals surface area contributed by atoms with Crippen LogP contribution in [0.3, 0.4) is 0 Å². The predicted molar refractivity (Wildman–Crippen MR) is 86.0 cm³/mol. The highest BCUT2D eigenvalue weighted by molar-refractivity contribution is 14.1. The van der Waals surface area contributed by atoms with Crippen molar-refractivity contribution in [2.75, 3.05) is 0 Å². The van der Waals surface area contributed by atoms with Gasteiger partial charge in [-0.25, -0.2) is 4.21 Å². The molecule has 0 fully saturated rings. The van der Waals surface area contributed by atoms with Crippen molar-refractivity contribution in [2.45, 2.75) is 11.8 Å². The molecule has 0 heterocycles. The van der Waals surface area contributed by atoms with E-state index in [2.05, 4.69) is 22.6 Å². The fourth-order valence-electron chi connectivity index (χ4n) is 1.51. The maximum Gasteiger partial charge on any atom is 0.0911 e. The fourth-order valence-corrected chi connectivity index (χ4v) is 3.48. The second-order valence-corrected chi connectivity index (χ2v) is 7.28. The monoisotopic (exact) mass is 368 g/mol. The zero-order chi connectivity index (χ0) is 13.0. The summed E-state index contributed by atoms with van der Waals surface area (Å²) in [4.78, 5) is 0.845. The van der Waals surface area contributed by atoms with Crippen LogP contribution in [0.25, 0.3) is 6.08 Å². The summed E-state index contributed by atoms with van der Waals surface area (Å²) < 4.78 is 13.1. The molecule has 1 atom stereocenters. The van der Waals surface area contributed by atoms with Gasteiger partial charge in [-0.2, -0.15) is 0 Å². The van der Waals surface area contributed by atoms with E-state index in [4.69, 9.17) is 0 Å². The van der Waals surface area contributed by atoms with Crippen LogP contribution in [0.5, 0.6) is 0 Å². The van der Waals surface area contributed by atoms with Crippen LogP contribution in [-0.2, 0) is 10.8 Å². The van der Waals surface area contributed by atoms with Gasteiger partial charge in [-0.15, -0.1) is 0 Å². The first-order chi connectivity index (χ1) is 8.66. The molecule has 0 aliphatic rings. The molecular formula is C15H13IOS. The van der Waals surface area contributed by atoms with Gasteiger partial charge in [0.1, 0.15) is 0 Å². The van der Waals surface area contributed by atoms with Crippen molar-refractivity contribution in [3.8, 4) is 0 Å². The quantitative estimate of drug-likeness (QED) is 0.728. The Morgan fingerprint density at radius 3 is 2.28 bits per heavy atom. The molecule has 3 heteroatoms. The summed E-state index contributed by atoms with van der Waals surface area (Å²) in [5.74, 6) is 0. The minimum atomic E-state index is -1.09. The Bertz CT molecular complexity index is 573.